The SMILES string of the molecule is Cn1cncc1-c1noc(C(C)(C)C(C)(C)N)n1. The van der Waals surface area contributed by atoms with E-state index in [4.69, 9.17) is 10.3 Å². The van der Waals surface area contributed by atoms with Crippen LogP contribution >= 0.6 is 0 Å². The van der Waals surface area contributed by atoms with Crippen LogP contribution in [0.4, 0.5) is 0 Å². The van der Waals surface area contributed by atoms with E-state index < -0.39 is 11.0 Å². The van der Waals surface area contributed by atoms with E-state index in [1.807, 2.05) is 39.3 Å². The van der Waals surface area contributed by atoms with Crippen molar-refractivity contribution in [1.82, 2.24) is 19.7 Å². The first-order valence-electron chi connectivity index (χ1n) is 5.83. The third-order valence-corrected chi connectivity index (χ3v) is 3.62. The van der Waals surface area contributed by atoms with Crippen molar-refractivity contribution >= 4 is 0 Å². The van der Waals surface area contributed by atoms with Crippen LogP contribution in [0.2, 0.25) is 0 Å². The van der Waals surface area contributed by atoms with Crippen LogP contribution in [0, 0.1) is 0 Å². The first-order valence-corrected chi connectivity index (χ1v) is 5.83. The summed E-state index contributed by atoms with van der Waals surface area (Å²) in [6, 6.07) is 0. The van der Waals surface area contributed by atoms with Gasteiger partial charge in [-0.05, 0) is 27.7 Å². The highest BCUT2D eigenvalue weighted by Gasteiger charge is 2.40. The number of hydrogen-bond acceptors (Lipinski definition) is 5. The zero-order valence-corrected chi connectivity index (χ0v) is 11.4. The summed E-state index contributed by atoms with van der Waals surface area (Å²) < 4.78 is 7.20. The Morgan fingerprint density at radius 3 is 2.44 bits per heavy atom. The molecular weight excluding hydrogens is 230 g/mol. The molecule has 18 heavy (non-hydrogen) atoms. The normalized spacial score (nSPS) is 13.0. The average Bonchev–Trinajstić information content (AvgIpc) is 2.83. The molecule has 0 atom stereocenters. The smallest absolute Gasteiger partial charge is 0.234 e. The molecule has 6 heteroatoms. The van der Waals surface area contributed by atoms with Crippen LogP contribution in [0.5, 0.6) is 0 Å². The molecule has 0 aromatic carbocycles. The van der Waals surface area contributed by atoms with E-state index in [1.165, 1.54) is 0 Å². The van der Waals surface area contributed by atoms with E-state index in [1.54, 1.807) is 12.5 Å². The summed E-state index contributed by atoms with van der Waals surface area (Å²) in [7, 11) is 1.89. The van der Waals surface area contributed by atoms with Crippen LogP contribution in [0.3, 0.4) is 0 Å². The van der Waals surface area contributed by atoms with Crippen molar-refractivity contribution in [2.24, 2.45) is 12.8 Å². The van der Waals surface area contributed by atoms with Crippen molar-refractivity contribution in [2.75, 3.05) is 0 Å². The van der Waals surface area contributed by atoms with E-state index in [-0.39, 0.29) is 0 Å². The van der Waals surface area contributed by atoms with Crippen LogP contribution in [-0.2, 0) is 12.5 Å². The lowest BCUT2D eigenvalue weighted by Crippen LogP contribution is -2.50. The molecule has 6 nitrogen and oxygen atoms in total. The third kappa shape index (κ3) is 1.92. The number of rotatable bonds is 3. The number of aryl methyl sites for hydroxylation is 1. The van der Waals surface area contributed by atoms with Crippen LogP contribution in [0.1, 0.15) is 33.6 Å². The van der Waals surface area contributed by atoms with Crippen molar-refractivity contribution in [3.63, 3.8) is 0 Å². The summed E-state index contributed by atoms with van der Waals surface area (Å²) in [5, 5.41) is 4.00. The number of nitrogens with zero attached hydrogens (tertiary/aromatic N) is 4. The zero-order valence-electron chi connectivity index (χ0n) is 11.4. The Morgan fingerprint density at radius 1 is 1.28 bits per heavy atom. The summed E-state index contributed by atoms with van der Waals surface area (Å²) in [6.45, 7) is 7.88. The lowest BCUT2D eigenvalue weighted by atomic mass is 9.75. The Kier molecular flexibility index (Phi) is 2.77. The van der Waals surface area contributed by atoms with E-state index in [0.29, 0.717) is 11.7 Å². The van der Waals surface area contributed by atoms with Crippen LogP contribution < -0.4 is 5.73 Å². The van der Waals surface area contributed by atoms with Gasteiger partial charge in [0.25, 0.3) is 0 Å². The van der Waals surface area contributed by atoms with E-state index in [2.05, 4.69) is 15.1 Å². The maximum atomic E-state index is 6.16. The number of nitrogens with two attached hydrogens (primary N) is 1. The van der Waals surface area contributed by atoms with Gasteiger partial charge in [0.1, 0.15) is 5.69 Å². The predicted molar refractivity (Wildman–Crippen MR) is 67.8 cm³/mol. The minimum atomic E-state index is -0.455. The molecule has 2 aromatic rings. The lowest BCUT2D eigenvalue weighted by Gasteiger charge is -2.34. The highest BCUT2D eigenvalue weighted by Crippen LogP contribution is 2.32. The Morgan fingerprint density at radius 2 is 1.94 bits per heavy atom. The molecule has 0 fully saturated rings. The van der Waals surface area contributed by atoms with E-state index in [9.17, 15) is 0 Å². The van der Waals surface area contributed by atoms with Gasteiger partial charge < -0.3 is 14.8 Å². The monoisotopic (exact) mass is 249 g/mol. The second kappa shape index (κ2) is 3.91. The highest BCUT2D eigenvalue weighted by atomic mass is 16.5. The molecule has 98 valence electrons. The van der Waals surface area contributed by atoms with Crippen molar-refractivity contribution < 1.29 is 4.52 Å². The Balaban J connectivity index is 2.41. The minimum Gasteiger partial charge on any atom is -0.338 e. The molecule has 0 saturated carbocycles. The molecule has 2 aromatic heterocycles. The number of imidazole rings is 1. The summed E-state index contributed by atoms with van der Waals surface area (Å²) in [5.74, 6) is 1.06. The van der Waals surface area contributed by atoms with Gasteiger partial charge in [0.15, 0.2) is 0 Å². The topological polar surface area (TPSA) is 82.8 Å². The second-order valence-electron chi connectivity index (χ2n) is 5.66. The second-order valence-corrected chi connectivity index (χ2v) is 5.66. The predicted octanol–water partition coefficient (Wildman–Crippen LogP) is 1.48. The molecule has 2 N–H and O–H groups in total. The molecule has 0 aliphatic rings. The summed E-state index contributed by atoms with van der Waals surface area (Å²) >= 11 is 0. The Bertz CT molecular complexity index is 547. The van der Waals surface area contributed by atoms with Crippen molar-refractivity contribution in [3.05, 3.63) is 18.4 Å². The molecule has 0 aliphatic carbocycles. The van der Waals surface area contributed by atoms with Crippen molar-refractivity contribution in [3.8, 4) is 11.5 Å². The van der Waals surface area contributed by atoms with Crippen LogP contribution in [0.25, 0.3) is 11.5 Å². The fourth-order valence-corrected chi connectivity index (χ4v) is 1.43. The van der Waals surface area contributed by atoms with Gasteiger partial charge in [-0.2, -0.15) is 4.98 Å². The van der Waals surface area contributed by atoms with Gasteiger partial charge in [0.05, 0.1) is 17.9 Å². The molecular formula is C12H19N5O. The Hall–Kier alpha value is -1.69. The largest absolute Gasteiger partial charge is 0.338 e. The maximum absolute atomic E-state index is 6.16. The van der Waals surface area contributed by atoms with Crippen LogP contribution in [0.15, 0.2) is 17.0 Å². The first-order chi connectivity index (χ1) is 8.23. The number of aromatic nitrogens is 4. The molecule has 0 amide bonds. The zero-order chi connectivity index (χ0) is 13.6. The molecule has 0 spiro atoms. The fourth-order valence-electron chi connectivity index (χ4n) is 1.43. The van der Waals surface area contributed by atoms with Gasteiger partial charge in [-0.1, -0.05) is 5.16 Å². The van der Waals surface area contributed by atoms with Gasteiger partial charge >= 0.3 is 0 Å². The lowest BCUT2D eigenvalue weighted by molar-refractivity contribution is 0.223. The van der Waals surface area contributed by atoms with Gasteiger partial charge in [-0.3, -0.25) is 0 Å². The van der Waals surface area contributed by atoms with Gasteiger partial charge in [0.2, 0.25) is 11.7 Å². The quantitative estimate of drug-likeness (QED) is 0.891. The van der Waals surface area contributed by atoms with E-state index in [0.717, 1.165) is 5.69 Å². The minimum absolute atomic E-state index is 0.406. The number of hydrogen-bond donors (Lipinski definition) is 1. The fraction of sp³-hybridized carbons (Fsp3) is 0.583. The highest BCUT2D eigenvalue weighted by molar-refractivity contribution is 5.47. The van der Waals surface area contributed by atoms with Crippen molar-refractivity contribution in [1.29, 1.82) is 0 Å². The summed E-state index contributed by atoms with van der Waals surface area (Å²) in [4.78, 5) is 8.47. The maximum Gasteiger partial charge on any atom is 0.234 e. The molecule has 0 bridgehead atoms. The van der Waals surface area contributed by atoms with E-state index >= 15 is 0 Å². The third-order valence-electron chi connectivity index (χ3n) is 3.62. The van der Waals surface area contributed by atoms with Gasteiger partial charge in [0, 0.05) is 12.6 Å². The van der Waals surface area contributed by atoms with Crippen LogP contribution in [-0.4, -0.2) is 25.2 Å². The van der Waals surface area contributed by atoms with Crippen molar-refractivity contribution in [2.45, 2.75) is 38.6 Å². The average molecular weight is 249 g/mol. The van der Waals surface area contributed by atoms with Gasteiger partial charge in [-0.25, -0.2) is 4.98 Å². The molecule has 0 saturated heterocycles. The molecule has 0 aliphatic heterocycles. The summed E-state index contributed by atoms with van der Waals surface area (Å²) in [5.41, 5.74) is 6.11. The molecule has 0 radical (unpaired) electrons. The first kappa shape index (κ1) is 12.8. The molecule has 2 heterocycles. The summed E-state index contributed by atoms with van der Waals surface area (Å²) in [6.07, 6.45) is 3.40. The molecule has 0 unspecified atom stereocenters. The molecule has 2 rings (SSSR count). The Labute approximate surface area is 106 Å². The van der Waals surface area contributed by atoms with Gasteiger partial charge in [-0.15, -0.1) is 0 Å². The standard InChI is InChI=1S/C12H19N5O/c1-11(2,12(3,4)13)10-15-9(16-18-10)8-6-14-7-17(8)5/h6-7H,13H2,1-5H3.